The second kappa shape index (κ2) is 6.91. The Morgan fingerprint density at radius 1 is 1.04 bits per heavy atom. The molecule has 28 heavy (non-hydrogen) atoms. The highest BCUT2D eigenvalue weighted by Gasteiger charge is 2.14. The van der Waals surface area contributed by atoms with Gasteiger partial charge in [-0.3, -0.25) is 14.8 Å². The van der Waals surface area contributed by atoms with Crippen molar-refractivity contribution in [2.75, 3.05) is 13.1 Å². The number of H-pyrrole nitrogens is 2. The SMILES string of the molecule is CC(=O)c1ccc2c(-c3cc4cc(CN5CCCCC5)ccc4[nH]3)n[nH]c2c1. The lowest BCUT2D eigenvalue weighted by Crippen LogP contribution is -2.28. The number of hydrogen-bond donors (Lipinski definition) is 2. The number of carbonyl (C=O) groups is 1. The van der Waals surface area contributed by atoms with Crippen LogP contribution in [0.4, 0.5) is 0 Å². The van der Waals surface area contributed by atoms with E-state index in [1.54, 1.807) is 6.92 Å². The lowest BCUT2D eigenvalue weighted by molar-refractivity contribution is 0.101. The molecule has 1 aliphatic rings. The van der Waals surface area contributed by atoms with Crippen molar-refractivity contribution in [2.45, 2.75) is 32.7 Å². The topological polar surface area (TPSA) is 64.8 Å². The Hall–Kier alpha value is -2.92. The number of hydrogen-bond acceptors (Lipinski definition) is 3. The van der Waals surface area contributed by atoms with Gasteiger partial charge in [0.1, 0.15) is 5.69 Å². The molecular formula is C23H24N4O. The zero-order valence-corrected chi connectivity index (χ0v) is 16.1. The first-order valence-electron chi connectivity index (χ1n) is 10.0. The van der Waals surface area contributed by atoms with Crippen LogP contribution in [-0.4, -0.2) is 39.0 Å². The van der Waals surface area contributed by atoms with Crippen molar-refractivity contribution in [3.63, 3.8) is 0 Å². The second-order valence-corrected chi connectivity index (χ2v) is 7.83. The van der Waals surface area contributed by atoms with Crippen molar-refractivity contribution >= 4 is 27.6 Å². The summed E-state index contributed by atoms with van der Waals surface area (Å²) in [6.07, 6.45) is 3.99. The number of aromatic nitrogens is 3. The van der Waals surface area contributed by atoms with Crippen LogP contribution in [-0.2, 0) is 6.54 Å². The number of piperidine rings is 1. The molecular weight excluding hydrogens is 348 g/mol. The minimum atomic E-state index is 0.0601. The van der Waals surface area contributed by atoms with Crippen LogP contribution in [0.2, 0.25) is 0 Å². The van der Waals surface area contributed by atoms with Gasteiger partial charge in [0.05, 0.1) is 11.2 Å². The summed E-state index contributed by atoms with van der Waals surface area (Å²) in [7, 11) is 0. The third-order valence-corrected chi connectivity index (χ3v) is 5.76. The van der Waals surface area contributed by atoms with Gasteiger partial charge in [0.25, 0.3) is 0 Å². The molecule has 142 valence electrons. The molecule has 5 rings (SSSR count). The van der Waals surface area contributed by atoms with Crippen molar-refractivity contribution in [1.29, 1.82) is 0 Å². The Morgan fingerprint density at radius 2 is 1.89 bits per heavy atom. The summed E-state index contributed by atoms with van der Waals surface area (Å²) in [5, 5.41) is 9.79. The number of rotatable bonds is 4. The summed E-state index contributed by atoms with van der Waals surface area (Å²) in [6, 6.07) is 14.5. The number of Topliss-reactive ketones (excluding diaryl/α,β-unsaturated/α-hetero) is 1. The molecule has 2 aromatic carbocycles. The van der Waals surface area contributed by atoms with Gasteiger partial charge in [-0.25, -0.2) is 0 Å². The third kappa shape index (κ3) is 3.12. The first-order valence-corrected chi connectivity index (χ1v) is 10.0. The molecule has 4 aromatic rings. The minimum absolute atomic E-state index is 0.0601. The molecule has 0 radical (unpaired) electrons. The fourth-order valence-electron chi connectivity index (χ4n) is 4.23. The number of ketones is 1. The average molecular weight is 372 g/mol. The maximum Gasteiger partial charge on any atom is 0.159 e. The fraction of sp³-hybridized carbons (Fsp3) is 0.304. The number of nitrogens with zero attached hydrogens (tertiary/aromatic N) is 2. The summed E-state index contributed by atoms with van der Waals surface area (Å²) >= 11 is 0. The van der Waals surface area contributed by atoms with Crippen molar-refractivity contribution in [2.24, 2.45) is 0 Å². The van der Waals surface area contributed by atoms with Gasteiger partial charge in [-0.1, -0.05) is 18.6 Å². The van der Waals surface area contributed by atoms with Gasteiger partial charge in [0.15, 0.2) is 5.78 Å². The largest absolute Gasteiger partial charge is 0.353 e. The summed E-state index contributed by atoms with van der Waals surface area (Å²) in [4.78, 5) is 17.7. The maximum atomic E-state index is 11.6. The lowest BCUT2D eigenvalue weighted by Gasteiger charge is -2.26. The van der Waals surface area contributed by atoms with Crippen LogP contribution in [0.1, 0.15) is 42.1 Å². The second-order valence-electron chi connectivity index (χ2n) is 7.83. The molecule has 0 saturated carbocycles. The highest BCUT2D eigenvalue weighted by Crippen LogP contribution is 2.30. The summed E-state index contributed by atoms with van der Waals surface area (Å²) < 4.78 is 0. The highest BCUT2D eigenvalue weighted by atomic mass is 16.1. The van der Waals surface area contributed by atoms with E-state index < -0.39 is 0 Å². The van der Waals surface area contributed by atoms with Crippen molar-refractivity contribution in [3.05, 3.63) is 53.6 Å². The van der Waals surface area contributed by atoms with Gasteiger partial charge in [-0.05, 0) is 68.8 Å². The summed E-state index contributed by atoms with van der Waals surface area (Å²) in [5.41, 5.74) is 5.94. The van der Waals surface area contributed by atoms with E-state index >= 15 is 0 Å². The molecule has 1 aliphatic heterocycles. The van der Waals surface area contributed by atoms with Gasteiger partial charge in [-0.15, -0.1) is 0 Å². The van der Waals surface area contributed by atoms with Crippen LogP contribution >= 0.6 is 0 Å². The first-order chi connectivity index (χ1) is 13.7. The summed E-state index contributed by atoms with van der Waals surface area (Å²) in [5.74, 6) is 0.0601. The Balaban J connectivity index is 1.47. The van der Waals surface area contributed by atoms with Crippen LogP contribution in [0.3, 0.4) is 0 Å². The fourth-order valence-corrected chi connectivity index (χ4v) is 4.23. The first kappa shape index (κ1) is 17.2. The lowest BCUT2D eigenvalue weighted by atomic mass is 10.1. The van der Waals surface area contributed by atoms with E-state index in [2.05, 4.69) is 44.3 Å². The van der Waals surface area contributed by atoms with Crippen LogP contribution in [0, 0.1) is 0 Å². The molecule has 3 heterocycles. The van der Waals surface area contributed by atoms with Crippen molar-refractivity contribution in [1.82, 2.24) is 20.1 Å². The van der Waals surface area contributed by atoms with E-state index in [0.717, 1.165) is 34.4 Å². The monoisotopic (exact) mass is 372 g/mol. The third-order valence-electron chi connectivity index (χ3n) is 5.76. The maximum absolute atomic E-state index is 11.6. The van der Waals surface area contributed by atoms with Crippen LogP contribution in [0.25, 0.3) is 33.2 Å². The van der Waals surface area contributed by atoms with Crippen LogP contribution < -0.4 is 0 Å². The van der Waals surface area contributed by atoms with E-state index in [1.165, 1.54) is 43.3 Å². The molecule has 2 N–H and O–H groups in total. The van der Waals surface area contributed by atoms with Gasteiger partial charge in [0.2, 0.25) is 0 Å². The standard InChI is InChI=1S/C23H24N4O/c1-15(28)17-6-7-19-21(12-17)25-26-23(19)22-13-18-11-16(5-8-20(18)24-22)14-27-9-3-2-4-10-27/h5-8,11-13,24H,2-4,9-10,14H2,1H3,(H,25,26). The number of carbonyl (C=O) groups excluding carboxylic acids is 1. The Bertz CT molecular complexity index is 1160. The molecule has 0 aliphatic carbocycles. The molecule has 0 unspecified atom stereocenters. The molecule has 1 fully saturated rings. The number of likely N-dealkylation sites (tertiary alicyclic amines) is 1. The molecule has 0 bridgehead atoms. The molecule has 0 amide bonds. The number of aromatic amines is 2. The molecule has 2 aromatic heterocycles. The Morgan fingerprint density at radius 3 is 2.71 bits per heavy atom. The normalized spacial score (nSPS) is 15.5. The molecule has 0 atom stereocenters. The van der Waals surface area contributed by atoms with Crippen molar-refractivity contribution in [3.8, 4) is 11.4 Å². The van der Waals surface area contributed by atoms with Crippen molar-refractivity contribution < 1.29 is 4.79 Å². The number of benzene rings is 2. The minimum Gasteiger partial charge on any atom is -0.353 e. The smallest absolute Gasteiger partial charge is 0.159 e. The van der Waals surface area contributed by atoms with Gasteiger partial charge < -0.3 is 4.98 Å². The molecule has 0 spiro atoms. The molecule has 5 heteroatoms. The quantitative estimate of drug-likeness (QED) is 0.501. The van der Waals surface area contributed by atoms with E-state index in [0.29, 0.717) is 5.56 Å². The predicted octanol–water partition coefficient (Wildman–Crippen LogP) is 4.90. The average Bonchev–Trinajstić information content (AvgIpc) is 3.31. The van der Waals surface area contributed by atoms with E-state index in [9.17, 15) is 4.79 Å². The van der Waals surface area contributed by atoms with E-state index in [4.69, 9.17) is 0 Å². The number of nitrogens with one attached hydrogen (secondary N) is 2. The van der Waals surface area contributed by atoms with Crippen LogP contribution in [0.15, 0.2) is 42.5 Å². The van der Waals surface area contributed by atoms with Gasteiger partial charge in [0, 0.05) is 28.4 Å². The van der Waals surface area contributed by atoms with E-state index in [1.807, 2.05) is 18.2 Å². The molecule has 1 saturated heterocycles. The van der Waals surface area contributed by atoms with Gasteiger partial charge in [-0.2, -0.15) is 5.10 Å². The zero-order chi connectivity index (χ0) is 19.1. The predicted molar refractivity (Wildman–Crippen MR) is 113 cm³/mol. The highest BCUT2D eigenvalue weighted by molar-refractivity contribution is 6.01. The Kier molecular flexibility index (Phi) is 4.24. The summed E-state index contributed by atoms with van der Waals surface area (Å²) in [6.45, 7) is 5.02. The number of fused-ring (bicyclic) bond motifs is 2. The Labute approximate surface area is 163 Å². The molecule has 5 nitrogen and oxygen atoms in total. The van der Waals surface area contributed by atoms with E-state index in [-0.39, 0.29) is 5.78 Å². The zero-order valence-electron chi connectivity index (χ0n) is 16.1. The van der Waals surface area contributed by atoms with Crippen LogP contribution in [0.5, 0.6) is 0 Å². The van der Waals surface area contributed by atoms with Gasteiger partial charge >= 0.3 is 0 Å².